The fourth-order valence-corrected chi connectivity index (χ4v) is 4.02. The number of hydrogen-bond donors (Lipinski definition) is 2. The number of aromatic hydroxyl groups is 1. The van der Waals surface area contributed by atoms with E-state index >= 15 is 0 Å². The number of aromatic carboxylic acids is 1. The molecule has 0 aliphatic carbocycles. The number of hydrogen-bond acceptors (Lipinski definition) is 2. The van der Waals surface area contributed by atoms with E-state index < -0.39 is 41.3 Å². The van der Waals surface area contributed by atoms with Crippen LogP contribution >= 0.6 is 0 Å². The Morgan fingerprint density at radius 2 is 1.64 bits per heavy atom. The normalized spacial score (nSPS) is 11.8. The fraction of sp³-hybridized carbons (Fsp3) is 0.160. The molecule has 4 rings (SSSR count). The molecule has 33 heavy (non-hydrogen) atoms. The summed E-state index contributed by atoms with van der Waals surface area (Å²) in [6, 6.07) is 10.8. The molecule has 4 nitrogen and oxygen atoms in total. The smallest absolute Gasteiger partial charge is 0.335 e. The zero-order valence-corrected chi connectivity index (χ0v) is 17.7. The number of nitrogens with zero attached hydrogens (tertiary/aromatic N) is 1. The van der Waals surface area contributed by atoms with Crippen LogP contribution in [0.25, 0.3) is 27.7 Å². The summed E-state index contributed by atoms with van der Waals surface area (Å²) >= 11 is 0. The predicted octanol–water partition coefficient (Wildman–Crippen LogP) is 6.37. The lowest BCUT2D eigenvalue weighted by Crippen LogP contribution is -2.24. The second kappa shape index (κ2) is 7.95. The molecular weight excluding hydrogens is 438 g/mol. The Labute approximate surface area is 186 Å². The fourth-order valence-electron chi connectivity index (χ4n) is 4.02. The first-order valence-electron chi connectivity index (χ1n) is 9.97. The summed E-state index contributed by atoms with van der Waals surface area (Å²) in [5, 5.41) is 20.1. The van der Waals surface area contributed by atoms with E-state index in [1.807, 2.05) is 0 Å². The van der Waals surface area contributed by atoms with Crippen LogP contribution in [0.4, 0.5) is 17.6 Å². The van der Waals surface area contributed by atoms with Gasteiger partial charge in [0, 0.05) is 34.5 Å². The number of alkyl halides is 1. The van der Waals surface area contributed by atoms with E-state index in [2.05, 4.69) is 0 Å². The van der Waals surface area contributed by atoms with Gasteiger partial charge in [0.1, 0.15) is 11.6 Å². The first kappa shape index (κ1) is 22.4. The number of fused-ring (bicyclic) bond motifs is 1. The van der Waals surface area contributed by atoms with Crippen molar-refractivity contribution in [1.29, 1.82) is 0 Å². The predicted molar refractivity (Wildman–Crippen MR) is 116 cm³/mol. The van der Waals surface area contributed by atoms with E-state index in [1.54, 1.807) is 13.8 Å². The van der Waals surface area contributed by atoms with Gasteiger partial charge in [-0.1, -0.05) is 26.0 Å². The molecule has 0 amide bonds. The standard InChI is InChI=1S/C25H19F4NO3/c1-25(2,12-26)23-21(13-3-5-14(6-4-13)24(32)33)22-19(9-15(27)10-20(22)31)30(23)16-7-8-17(28)18(29)11-16/h3-11,31H,12H2,1-2H3,(H,32,33). The number of halogens is 4. The molecule has 0 saturated carbocycles. The van der Waals surface area contributed by atoms with Gasteiger partial charge in [0.25, 0.3) is 0 Å². The van der Waals surface area contributed by atoms with Gasteiger partial charge in [-0.05, 0) is 35.9 Å². The Balaban J connectivity index is 2.20. The number of benzene rings is 3. The summed E-state index contributed by atoms with van der Waals surface area (Å²) in [6.45, 7) is 2.30. The third-order valence-corrected chi connectivity index (χ3v) is 5.57. The molecule has 0 aliphatic rings. The van der Waals surface area contributed by atoms with Crippen molar-refractivity contribution in [1.82, 2.24) is 4.57 Å². The highest BCUT2D eigenvalue weighted by molar-refractivity contribution is 6.04. The minimum atomic E-state index is -1.21. The van der Waals surface area contributed by atoms with Crippen LogP contribution in [0.1, 0.15) is 29.9 Å². The minimum absolute atomic E-state index is 0.0182. The molecule has 0 fully saturated rings. The Morgan fingerprint density at radius 3 is 2.21 bits per heavy atom. The summed E-state index contributed by atoms with van der Waals surface area (Å²) in [5.41, 5.74) is 0.0607. The van der Waals surface area contributed by atoms with Crippen LogP contribution in [0.2, 0.25) is 0 Å². The molecule has 8 heteroatoms. The van der Waals surface area contributed by atoms with Crippen LogP contribution in [0.3, 0.4) is 0 Å². The van der Waals surface area contributed by atoms with Crippen molar-refractivity contribution >= 4 is 16.9 Å². The van der Waals surface area contributed by atoms with E-state index in [9.17, 15) is 32.6 Å². The van der Waals surface area contributed by atoms with Gasteiger partial charge in [-0.3, -0.25) is 4.39 Å². The van der Waals surface area contributed by atoms with Crippen molar-refractivity contribution in [2.75, 3.05) is 6.67 Å². The van der Waals surface area contributed by atoms with Gasteiger partial charge in [-0.15, -0.1) is 0 Å². The minimum Gasteiger partial charge on any atom is -0.507 e. The van der Waals surface area contributed by atoms with Gasteiger partial charge in [-0.25, -0.2) is 18.0 Å². The van der Waals surface area contributed by atoms with Crippen LogP contribution in [0, 0.1) is 17.5 Å². The molecule has 3 aromatic carbocycles. The first-order valence-corrected chi connectivity index (χ1v) is 9.97. The molecule has 0 atom stereocenters. The number of rotatable bonds is 5. The zero-order valence-electron chi connectivity index (χ0n) is 17.7. The molecule has 4 aromatic rings. The molecule has 2 N–H and O–H groups in total. The van der Waals surface area contributed by atoms with Crippen molar-refractivity contribution < 1.29 is 32.6 Å². The molecular formula is C25H19F4NO3. The van der Waals surface area contributed by atoms with Crippen LogP contribution < -0.4 is 0 Å². The highest BCUT2D eigenvalue weighted by Crippen LogP contribution is 2.46. The second-order valence-electron chi connectivity index (χ2n) is 8.38. The molecule has 0 spiro atoms. The van der Waals surface area contributed by atoms with E-state index in [-0.39, 0.29) is 27.8 Å². The van der Waals surface area contributed by atoms with Crippen LogP contribution in [-0.2, 0) is 5.41 Å². The van der Waals surface area contributed by atoms with Crippen molar-refractivity contribution in [3.05, 3.63) is 83.3 Å². The average molecular weight is 457 g/mol. The van der Waals surface area contributed by atoms with Gasteiger partial charge in [-0.2, -0.15) is 0 Å². The monoisotopic (exact) mass is 457 g/mol. The summed E-state index contributed by atoms with van der Waals surface area (Å²) in [7, 11) is 0. The topological polar surface area (TPSA) is 62.5 Å². The molecule has 1 heterocycles. The number of phenolic OH excluding ortho intramolecular Hbond substituents is 1. The van der Waals surface area contributed by atoms with E-state index in [0.29, 0.717) is 11.1 Å². The number of carboxylic acid groups (broad SMARTS) is 1. The van der Waals surface area contributed by atoms with Crippen molar-refractivity contribution in [3.8, 4) is 22.6 Å². The van der Waals surface area contributed by atoms with E-state index in [0.717, 1.165) is 24.3 Å². The summed E-state index contributed by atoms with van der Waals surface area (Å²) in [6.07, 6.45) is 0. The third-order valence-electron chi connectivity index (χ3n) is 5.57. The van der Waals surface area contributed by atoms with E-state index in [1.165, 1.54) is 34.9 Å². The maximum atomic E-state index is 14.4. The van der Waals surface area contributed by atoms with Gasteiger partial charge >= 0.3 is 5.97 Å². The third kappa shape index (κ3) is 3.71. The molecule has 0 unspecified atom stereocenters. The molecule has 1 aromatic heterocycles. The Hall–Kier alpha value is -3.81. The van der Waals surface area contributed by atoms with Gasteiger partial charge < -0.3 is 14.8 Å². The quantitative estimate of drug-likeness (QED) is 0.343. The Kier molecular flexibility index (Phi) is 5.40. The molecule has 0 aliphatic heterocycles. The molecule has 0 saturated heterocycles. The number of aromatic nitrogens is 1. The lowest BCUT2D eigenvalue weighted by Gasteiger charge is -2.26. The molecule has 0 bridgehead atoms. The average Bonchev–Trinajstić information content (AvgIpc) is 3.12. The summed E-state index contributed by atoms with van der Waals surface area (Å²) in [5.74, 6) is -4.58. The SMILES string of the molecule is CC(C)(CF)c1c(-c2ccc(C(=O)O)cc2)c2c(O)cc(F)cc2n1-c1ccc(F)c(F)c1. The number of phenols is 1. The van der Waals surface area contributed by atoms with E-state index in [4.69, 9.17) is 0 Å². The van der Waals surface area contributed by atoms with Crippen molar-refractivity contribution in [2.45, 2.75) is 19.3 Å². The van der Waals surface area contributed by atoms with Crippen molar-refractivity contribution in [3.63, 3.8) is 0 Å². The second-order valence-corrected chi connectivity index (χ2v) is 8.38. The summed E-state index contributed by atoms with van der Waals surface area (Å²) in [4.78, 5) is 11.3. The highest BCUT2D eigenvalue weighted by Gasteiger charge is 2.33. The Bertz CT molecular complexity index is 1390. The number of carboxylic acids is 1. The Morgan fingerprint density at radius 1 is 0.970 bits per heavy atom. The van der Waals surface area contributed by atoms with Gasteiger partial charge in [0.05, 0.1) is 23.1 Å². The lowest BCUT2D eigenvalue weighted by atomic mass is 9.85. The molecule has 170 valence electrons. The lowest BCUT2D eigenvalue weighted by molar-refractivity contribution is 0.0697. The van der Waals surface area contributed by atoms with Crippen LogP contribution in [0.5, 0.6) is 5.75 Å². The maximum Gasteiger partial charge on any atom is 0.335 e. The van der Waals surface area contributed by atoms with Crippen molar-refractivity contribution in [2.24, 2.45) is 0 Å². The maximum absolute atomic E-state index is 14.4. The molecule has 0 radical (unpaired) electrons. The van der Waals surface area contributed by atoms with Gasteiger partial charge in [0.15, 0.2) is 11.6 Å². The largest absolute Gasteiger partial charge is 0.507 e. The highest BCUT2D eigenvalue weighted by atomic mass is 19.2. The zero-order chi connectivity index (χ0) is 24.1. The first-order chi connectivity index (χ1) is 15.5. The number of carbonyl (C=O) groups is 1. The van der Waals surface area contributed by atoms with Crippen LogP contribution in [-0.4, -0.2) is 27.4 Å². The van der Waals surface area contributed by atoms with Crippen LogP contribution in [0.15, 0.2) is 54.6 Å². The van der Waals surface area contributed by atoms with Gasteiger partial charge in [0.2, 0.25) is 0 Å². The summed E-state index contributed by atoms with van der Waals surface area (Å²) < 4.78 is 57.8.